The van der Waals surface area contributed by atoms with Crippen molar-refractivity contribution in [3.8, 4) is 44.6 Å². The molecule has 2 heterocycles. The fraction of sp³-hybridized carbons (Fsp3) is 0.0789. The molecule has 0 aliphatic carbocycles. The minimum absolute atomic E-state index is 0.298. The monoisotopic (exact) mass is 534 g/mol. The van der Waals surface area contributed by atoms with E-state index in [0.717, 1.165) is 49.9 Å². The summed E-state index contributed by atoms with van der Waals surface area (Å²) in [6.07, 6.45) is 2.18. The molecule has 198 valence electrons. The number of hydrogen-bond acceptors (Lipinski definition) is 1. The average molecular weight is 535 g/mol. The van der Waals surface area contributed by atoms with E-state index >= 15 is 4.39 Å². The van der Waals surface area contributed by atoms with E-state index in [4.69, 9.17) is 4.42 Å². The van der Waals surface area contributed by atoms with Gasteiger partial charge >= 0.3 is 0 Å². The standard InChI is InChI=1S/C38H29FNO/c1-24-17-18-30-31-19-20-33(39)36(29-16-10-15-28(22-29)26-11-6-4-7-12-26)38(31)41-37(30)35(24)34-21-25(2)32(23-40(34)3)27-13-8-5-9-14-27/h4-23H,1-3H3/q+1. The minimum atomic E-state index is -0.298. The maximum atomic E-state index is 15.6. The second-order valence-electron chi connectivity index (χ2n) is 10.7. The van der Waals surface area contributed by atoms with Crippen LogP contribution in [0.1, 0.15) is 11.1 Å². The van der Waals surface area contributed by atoms with Crippen LogP contribution in [0.4, 0.5) is 4.39 Å². The molecule has 0 N–H and O–H groups in total. The van der Waals surface area contributed by atoms with Gasteiger partial charge in [-0.25, -0.2) is 8.96 Å². The van der Waals surface area contributed by atoms with Crippen LogP contribution in [-0.2, 0) is 7.05 Å². The minimum Gasteiger partial charge on any atom is -0.454 e. The molecule has 0 saturated heterocycles. The number of hydrogen-bond donors (Lipinski definition) is 0. The van der Waals surface area contributed by atoms with Crippen LogP contribution in [0.15, 0.2) is 126 Å². The highest BCUT2D eigenvalue weighted by atomic mass is 19.1. The van der Waals surface area contributed by atoms with Crippen LogP contribution in [0.2, 0.25) is 0 Å². The van der Waals surface area contributed by atoms with Crippen LogP contribution in [0, 0.1) is 19.7 Å². The topological polar surface area (TPSA) is 17.0 Å². The summed E-state index contributed by atoms with van der Waals surface area (Å²) in [5.41, 5.74) is 11.5. The molecule has 0 amide bonds. The molecule has 0 unspecified atom stereocenters. The lowest BCUT2D eigenvalue weighted by atomic mass is 9.95. The van der Waals surface area contributed by atoms with Crippen molar-refractivity contribution in [2.75, 3.05) is 0 Å². The van der Waals surface area contributed by atoms with Gasteiger partial charge in [0.15, 0.2) is 6.20 Å². The third kappa shape index (κ3) is 4.22. The summed E-state index contributed by atoms with van der Waals surface area (Å²) in [5, 5.41) is 1.88. The molecule has 0 atom stereocenters. The van der Waals surface area contributed by atoms with E-state index in [1.54, 1.807) is 6.07 Å². The van der Waals surface area contributed by atoms with Crippen molar-refractivity contribution in [1.29, 1.82) is 0 Å². The van der Waals surface area contributed by atoms with Crippen LogP contribution in [-0.4, -0.2) is 0 Å². The SMILES string of the molecule is Cc1cc(-c2c(C)ccc3c2oc2c(-c4cccc(-c5ccccc5)c4)c(F)ccc23)[n+](C)cc1-c1ccccc1. The van der Waals surface area contributed by atoms with Gasteiger partial charge in [0.25, 0.3) is 0 Å². The van der Waals surface area contributed by atoms with Crippen LogP contribution in [0.3, 0.4) is 0 Å². The maximum Gasteiger partial charge on any atom is 0.216 e. The molecular weight excluding hydrogens is 505 g/mol. The van der Waals surface area contributed by atoms with Crippen LogP contribution in [0.25, 0.3) is 66.6 Å². The number of aryl methyl sites for hydroxylation is 3. The number of pyridine rings is 1. The Kier molecular flexibility index (Phi) is 6.01. The van der Waals surface area contributed by atoms with E-state index < -0.39 is 0 Å². The predicted molar refractivity (Wildman–Crippen MR) is 166 cm³/mol. The quantitative estimate of drug-likeness (QED) is 0.205. The molecular formula is C38H29FNO+. The first-order chi connectivity index (χ1) is 20.0. The summed E-state index contributed by atoms with van der Waals surface area (Å²) in [7, 11) is 2.07. The Morgan fingerprint density at radius 3 is 1.90 bits per heavy atom. The van der Waals surface area contributed by atoms with Gasteiger partial charge in [0.1, 0.15) is 24.0 Å². The van der Waals surface area contributed by atoms with Gasteiger partial charge in [-0.15, -0.1) is 0 Å². The molecule has 7 rings (SSSR count). The molecule has 0 radical (unpaired) electrons. The number of fused-ring (bicyclic) bond motifs is 3. The van der Waals surface area contributed by atoms with Crippen LogP contribution in [0.5, 0.6) is 0 Å². The average Bonchev–Trinajstić information content (AvgIpc) is 3.37. The number of nitrogens with zero attached hydrogens (tertiary/aromatic N) is 1. The Morgan fingerprint density at radius 1 is 0.561 bits per heavy atom. The maximum absolute atomic E-state index is 15.6. The predicted octanol–water partition coefficient (Wildman–Crippen LogP) is 9.83. The number of aromatic nitrogens is 1. The molecule has 0 saturated carbocycles. The van der Waals surface area contributed by atoms with Crippen molar-refractivity contribution in [2.24, 2.45) is 7.05 Å². The van der Waals surface area contributed by atoms with Crippen molar-refractivity contribution in [3.63, 3.8) is 0 Å². The van der Waals surface area contributed by atoms with E-state index in [9.17, 15) is 0 Å². The second kappa shape index (κ2) is 9.87. The van der Waals surface area contributed by atoms with Crippen molar-refractivity contribution < 1.29 is 13.4 Å². The van der Waals surface area contributed by atoms with Crippen molar-refractivity contribution in [1.82, 2.24) is 0 Å². The largest absolute Gasteiger partial charge is 0.454 e. The van der Waals surface area contributed by atoms with E-state index in [0.29, 0.717) is 11.1 Å². The highest BCUT2D eigenvalue weighted by Gasteiger charge is 2.24. The normalized spacial score (nSPS) is 11.4. The number of benzene rings is 5. The summed E-state index contributed by atoms with van der Waals surface area (Å²) in [6, 6.07) is 38.5. The zero-order valence-electron chi connectivity index (χ0n) is 23.3. The summed E-state index contributed by atoms with van der Waals surface area (Å²) in [6.45, 7) is 4.25. The molecule has 0 aliphatic heterocycles. The molecule has 7 aromatic rings. The van der Waals surface area contributed by atoms with E-state index in [1.807, 2.05) is 48.5 Å². The highest BCUT2D eigenvalue weighted by Crippen LogP contribution is 2.42. The lowest BCUT2D eigenvalue weighted by Crippen LogP contribution is -2.31. The first kappa shape index (κ1) is 25.0. The van der Waals surface area contributed by atoms with Gasteiger partial charge in [0.05, 0.1) is 11.1 Å². The van der Waals surface area contributed by atoms with Crippen molar-refractivity contribution in [3.05, 3.63) is 138 Å². The summed E-state index contributed by atoms with van der Waals surface area (Å²) >= 11 is 0. The molecule has 3 heteroatoms. The first-order valence-corrected chi connectivity index (χ1v) is 13.9. The van der Waals surface area contributed by atoms with Crippen LogP contribution < -0.4 is 4.57 Å². The third-order valence-electron chi connectivity index (χ3n) is 8.05. The summed E-state index contributed by atoms with van der Waals surface area (Å²) < 4.78 is 24.5. The van der Waals surface area contributed by atoms with E-state index in [-0.39, 0.29) is 5.82 Å². The lowest BCUT2D eigenvalue weighted by Gasteiger charge is -2.10. The Hall–Kier alpha value is -5.02. The molecule has 2 nitrogen and oxygen atoms in total. The molecule has 0 fully saturated rings. The summed E-state index contributed by atoms with van der Waals surface area (Å²) in [4.78, 5) is 0. The van der Waals surface area contributed by atoms with Crippen molar-refractivity contribution >= 4 is 21.9 Å². The molecule has 2 aromatic heterocycles. The highest BCUT2D eigenvalue weighted by molar-refractivity contribution is 6.13. The van der Waals surface area contributed by atoms with Gasteiger partial charge in [-0.1, -0.05) is 91.0 Å². The third-order valence-corrected chi connectivity index (χ3v) is 8.05. The molecule has 5 aromatic carbocycles. The Morgan fingerprint density at radius 2 is 1.17 bits per heavy atom. The Balaban J connectivity index is 1.45. The van der Waals surface area contributed by atoms with E-state index in [1.165, 1.54) is 16.7 Å². The molecule has 0 bridgehead atoms. The Bertz CT molecular complexity index is 2070. The van der Waals surface area contributed by atoms with Gasteiger partial charge in [-0.05, 0) is 65.4 Å². The van der Waals surface area contributed by atoms with Crippen LogP contribution >= 0.6 is 0 Å². The zero-order chi connectivity index (χ0) is 28.1. The fourth-order valence-corrected chi connectivity index (χ4v) is 5.97. The van der Waals surface area contributed by atoms with E-state index in [2.05, 4.69) is 92.3 Å². The Labute approximate surface area is 239 Å². The summed E-state index contributed by atoms with van der Waals surface area (Å²) in [5.74, 6) is -0.298. The van der Waals surface area contributed by atoms with Gasteiger partial charge < -0.3 is 4.42 Å². The van der Waals surface area contributed by atoms with Gasteiger partial charge in [-0.3, -0.25) is 0 Å². The lowest BCUT2D eigenvalue weighted by molar-refractivity contribution is -0.659. The molecule has 0 aliphatic rings. The zero-order valence-corrected chi connectivity index (χ0v) is 23.3. The number of furan rings is 1. The first-order valence-electron chi connectivity index (χ1n) is 13.9. The smallest absolute Gasteiger partial charge is 0.216 e. The molecule has 41 heavy (non-hydrogen) atoms. The number of rotatable bonds is 4. The van der Waals surface area contributed by atoms with Crippen molar-refractivity contribution in [2.45, 2.75) is 13.8 Å². The van der Waals surface area contributed by atoms with Gasteiger partial charge in [0, 0.05) is 22.4 Å². The number of halogens is 1. The van der Waals surface area contributed by atoms with Gasteiger partial charge in [-0.2, -0.15) is 0 Å². The van der Waals surface area contributed by atoms with Gasteiger partial charge in [0.2, 0.25) is 5.69 Å². The second-order valence-corrected chi connectivity index (χ2v) is 10.7. The molecule has 0 spiro atoms. The fourth-order valence-electron chi connectivity index (χ4n) is 5.97.